The number of alkyl halides is 8. The highest BCUT2D eigenvalue weighted by molar-refractivity contribution is 7.92. The predicted molar refractivity (Wildman–Crippen MR) is 238 cm³/mol. The molecular formula is C44H40ClF10N8O7S2-. The summed E-state index contributed by atoms with van der Waals surface area (Å²) in [5.41, 5.74) is -7.08. The van der Waals surface area contributed by atoms with Crippen molar-refractivity contribution in [2.45, 2.75) is 94.1 Å². The Balaban J connectivity index is 1.46. The summed E-state index contributed by atoms with van der Waals surface area (Å²) >= 11 is 3.14. The van der Waals surface area contributed by atoms with Crippen LogP contribution in [-0.4, -0.2) is 94.5 Å². The molecule has 0 saturated heterocycles. The van der Waals surface area contributed by atoms with Gasteiger partial charge < -0.3 is 20.3 Å². The van der Waals surface area contributed by atoms with Crippen molar-refractivity contribution in [3.63, 3.8) is 0 Å². The van der Waals surface area contributed by atoms with Crippen LogP contribution in [0.4, 0.5) is 49.7 Å². The van der Waals surface area contributed by atoms with E-state index in [0.717, 1.165) is 42.7 Å². The van der Waals surface area contributed by atoms with Crippen LogP contribution in [-0.2, 0) is 62.3 Å². The Bertz CT molecular complexity index is 3200. The number of benzene rings is 2. The Morgan fingerprint density at radius 2 is 1.64 bits per heavy atom. The molecule has 15 nitrogen and oxygen atoms in total. The Kier molecular flexibility index (Phi) is 14.2. The minimum atomic E-state index is -5.22. The van der Waals surface area contributed by atoms with Crippen LogP contribution in [0.2, 0.25) is 5.02 Å². The SMILES string of the molecule is CC(C)(CO)NC(=O)CN(c1nn(CC(F)(F)F)c2c(-c3ccc(C#CC(C)(C)S(C)(=O)=O)nc3C(Cc3cc(F)cc(F)c3)NC(=O)Cn3nc(C(F)(F)F)c4c3C(F)(F)[C@@H]3C[C@H]43)ccc(Cl)c12)S(=O)[O-]. The summed E-state index contributed by atoms with van der Waals surface area (Å²) in [4.78, 5) is 31.8. The first kappa shape index (κ1) is 54.0. The molecule has 0 bridgehead atoms. The fraction of sp³-hybridized carbons (Fsp3) is 0.432. The van der Waals surface area contributed by atoms with Gasteiger partial charge in [-0.1, -0.05) is 23.6 Å². The number of halogens is 11. The molecule has 3 N–H and O–H groups in total. The minimum absolute atomic E-state index is 0.193. The average Bonchev–Trinajstić information content (AvgIpc) is 3.75. The normalized spacial score (nSPS) is 17.4. The molecule has 0 spiro atoms. The maximum Gasteiger partial charge on any atom is 0.435 e. The lowest BCUT2D eigenvalue weighted by Crippen LogP contribution is -2.50. The van der Waals surface area contributed by atoms with Crippen LogP contribution in [0.3, 0.4) is 0 Å². The lowest BCUT2D eigenvalue weighted by Gasteiger charge is -2.28. The average molecular weight is 1080 g/mol. The topological polar surface area (TPSA) is 204 Å². The monoisotopic (exact) mass is 1080 g/mol. The number of nitrogens with one attached hydrogen (secondary N) is 2. The maximum absolute atomic E-state index is 15.6. The molecule has 2 aromatic carbocycles. The van der Waals surface area contributed by atoms with Gasteiger partial charge in [0.15, 0.2) is 21.3 Å². The summed E-state index contributed by atoms with van der Waals surface area (Å²) in [6.07, 6.45) is -10.4. The molecule has 2 aliphatic carbocycles. The number of carbonyl (C=O) groups is 2. The van der Waals surface area contributed by atoms with Crippen molar-refractivity contribution < 1.29 is 75.8 Å². The van der Waals surface area contributed by atoms with E-state index < -0.39 is 168 Å². The first-order valence-electron chi connectivity index (χ1n) is 21.2. The van der Waals surface area contributed by atoms with Crippen LogP contribution < -0.4 is 14.9 Å². The van der Waals surface area contributed by atoms with Gasteiger partial charge in [-0.05, 0) is 88.3 Å². The van der Waals surface area contributed by atoms with E-state index in [1.165, 1.54) is 27.7 Å². The smallest absolute Gasteiger partial charge is 0.435 e. The molecule has 2 aliphatic rings. The largest absolute Gasteiger partial charge is 0.755 e. The Hall–Kier alpha value is -5.82. The molecule has 0 aliphatic heterocycles. The second-order valence-corrected chi connectivity index (χ2v) is 22.2. The fourth-order valence-electron chi connectivity index (χ4n) is 8.22. The Labute approximate surface area is 410 Å². The predicted octanol–water partition coefficient (Wildman–Crippen LogP) is 6.78. The molecule has 4 atom stereocenters. The van der Waals surface area contributed by atoms with Crippen LogP contribution in [0, 0.1) is 29.4 Å². The van der Waals surface area contributed by atoms with E-state index >= 15 is 8.78 Å². The first-order chi connectivity index (χ1) is 33.1. The molecular weight excluding hydrogens is 1040 g/mol. The number of sulfone groups is 1. The Morgan fingerprint density at radius 3 is 2.22 bits per heavy atom. The van der Waals surface area contributed by atoms with E-state index in [1.54, 1.807) is 0 Å². The van der Waals surface area contributed by atoms with Gasteiger partial charge >= 0.3 is 12.4 Å². The van der Waals surface area contributed by atoms with Gasteiger partial charge in [0.25, 0.3) is 5.92 Å². The summed E-state index contributed by atoms with van der Waals surface area (Å²) in [6, 6.07) is 4.85. The Morgan fingerprint density at radius 1 is 1.00 bits per heavy atom. The number of aliphatic hydroxyl groups excluding tert-OH is 1. The van der Waals surface area contributed by atoms with E-state index in [2.05, 4.69) is 37.7 Å². The lowest BCUT2D eigenvalue weighted by molar-refractivity contribution is -0.143. The molecule has 388 valence electrons. The van der Waals surface area contributed by atoms with E-state index in [9.17, 15) is 67.0 Å². The first-order valence-corrected chi connectivity index (χ1v) is 24.5. The number of amides is 2. The number of anilines is 1. The standard InChI is InChI=1S/C44H41ClF10N8O7S2/c1-40(2,20-64)58-32(66)18-63(71(67)68)39-34-29(45)9-8-26(36(34)62(60-39)19-42(48,49)50)25-7-6-24(10-11-41(3,4)72(5,69)70)56-35(25)30(14-21-12-22(46)15-23(47)13-21)57-31(65)17-61-38-33(37(59-61)44(53,54)55)27-16-28(27)43(38,51)52/h6-9,12-13,15,27-28,30,64H,14,16-20H2,1-5H3,(H,57,65)(H,58,66)(H,67,68)/p-1/t27-,28+,30?/m0/s1. The molecule has 3 heterocycles. The zero-order valence-corrected chi connectivity index (χ0v) is 40.5. The summed E-state index contributed by atoms with van der Waals surface area (Å²) in [5, 5.41) is 20.8. The third-order valence-electron chi connectivity index (χ3n) is 11.9. The third-order valence-corrected chi connectivity index (χ3v) is 14.8. The third kappa shape index (κ3) is 11.1. The number of carbonyl (C=O) groups excluding carboxylic acids is 2. The van der Waals surface area contributed by atoms with Gasteiger partial charge in [-0.2, -0.15) is 45.3 Å². The number of hydrogen-bond acceptors (Lipinski definition) is 10. The molecule has 2 amide bonds. The molecule has 5 aromatic rings. The van der Waals surface area contributed by atoms with Gasteiger partial charge in [0.1, 0.15) is 47.4 Å². The highest BCUT2D eigenvalue weighted by Crippen LogP contribution is 2.68. The van der Waals surface area contributed by atoms with Gasteiger partial charge in [-0.15, -0.1) is 0 Å². The van der Waals surface area contributed by atoms with Gasteiger partial charge in [-0.3, -0.25) is 27.5 Å². The second-order valence-electron chi connectivity index (χ2n) is 18.4. The number of nitrogens with zero attached hydrogens (tertiary/aromatic N) is 6. The van der Waals surface area contributed by atoms with Crippen molar-refractivity contribution in [3.8, 4) is 23.0 Å². The van der Waals surface area contributed by atoms with E-state index in [4.69, 9.17) is 11.6 Å². The van der Waals surface area contributed by atoms with Crippen molar-refractivity contribution >= 4 is 61.2 Å². The number of aromatic nitrogens is 5. The van der Waals surface area contributed by atoms with Crippen LogP contribution in [0.5, 0.6) is 0 Å². The molecule has 72 heavy (non-hydrogen) atoms. The van der Waals surface area contributed by atoms with Crippen LogP contribution in [0.1, 0.15) is 80.0 Å². The zero-order valence-electron chi connectivity index (χ0n) is 38.1. The zero-order chi connectivity index (χ0) is 53.4. The number of rotatable bonds is 15. The van der Waals surface area contributed by atoms with E-state index in [-0.39, 0.29) is 37.8 Å². The lowest BCUT2D eigenvalue weighted by atomic mass is 9.93. The number of pyridine rings is 1. The maximum atomic E-state index is 15.6. The van der Waals surface area contributed by atoms with Crippen molar-refractivity contribution in [2.75, 3.05) is 23.7 Å². The quantitative estimate of drug-likeness (QED) is 0.0570. The fourth-order valence-corrected chi connectivity index (χ4v) is 9.18. The van der Waals surface area contributed by atoms with Crippen molar-refractivity contribution in [2.24, 2.45) is 5.92 Å². The summed E-state index contributed by atoms with van der Waals surface area (Å²) in [6.45, 7) is 0.254. The van der Waals surface area contributed by atoms with Gasteiger partial charge in [-0.25, -0.2) is 22.2 Å². The van der Waals surface area contributed by atoms with Gasteiger partial charge in [0.05, 0.1) is 39.8 Å². The van der Waals surface area contributed by atoms with E-state index in [1.807, 2.05) is 0 Å². The van der Waals surface area contributed by atoms with Crippen LogP contribution in [0.15, 0.2) is 42.5 Å². The van der Waals surface area contributed by atoms with E-state index in [0.29, 0.717) is 10.7 Å². The molecule has 2 unspecified atom stereocenters. The highest BCUT2D eigenvalue weighted by Gasteiger charge is 2.68. The minimum Gasteiger partial charge on any atom is -0.755 e. The second kappa shape index (κ2) is 18.9. The van der Waals surface area contributed by atoms with Crippen molar-refractivity contribution in [1.82, 2.24) is 35.2 Å². The van der Waals surface area contributed by atoms with Gasteiger partial charge in [0.2, 0.25) is 11.8 Å². The van der Waals surface area contributed by atoms with Crippen LogP contribution in [0.25, 0.3) is 22.0 Å². The van der Waals surface area contributed by atoms with Gasteiger partial charge in [0, 0.05) is 46.2 Å². The summed E-state index contributed by atoms with van der Waals surface area (Å²) in [5.74, 6) is -6.91. The number of hydrogen-bond donors (Lipinski definition) is 3. The van der Waals surface area contributed by atoms with Crippen molar-refractivity contribution in [1.29, 1.82) is 0 Å². The molecule has 1 saturated carbocycles. The molecule has 3 aromatic heterocycles. The molecule has 0 radical (unpaired) electrons. The summed E-state index contributed by atoms with van der Waals surface area (Å²) in [7, 11) is -3.90. The molecule has 28 heteroatoms. The molecule has 7 rings (SSSR count). The number of fused-ring (bicyclic) bond motifs is 4. The highest BCUT2D eigenvalue weighted by atomic mass is 35.5. The molecule has 1 fully saturated rings. The summed E-state index contributed by atoms with van der Waals surface area (Å²) < 4.78 is 197. The number of aliphatic hydroxyl groups is 1. The van der Waals surface area contributed by atoms with Crippen LogP contribution >= 0.6 is 11.6 Å². The van der Waals surface area contributed by atoms with Crippen molar-refractivity contribution in [3.05, 3.63) is 93.0 Å².